The van der Waals surface area contributed by atoms with Crippen molar-refractivity contribution in [1.82, 2.24) is 5.32 Å². The second kappa shape index (κ2) is 6.74. The van der Waals surface area contributed by atoms with Crippen LogP contribution in [0.15, 0.2) is 18.2 Å². The first kappa shape index (κ1) is 14.8. The van der Waals surface area contributed by atoms with Gasteiger partial charge in [0.15, 0.2) is 0 Å². The molecule has 1 aliphatic carbocycles. The lowest BCUT2D eigenvalue weighted by molar-refractivity contribution is 0.119. The smallest absolute Gasteiger partial charge is 0.0943 e. The van der Waals surface area contributed by atoms with Crippen LogP contribution in [0.3, 0.4) is 0 Å². The van der Waals surface area contributed by atoms with Crippen LogP contribution >= 0.6 is 11.6 Å². The largest absolute Gasteiger partial charge is 0.387 e. The van der Waals surface area contributed by atoms with Gasteiger partial charge in [0.2, 0.25) is 0 Å². The Balaban J connectivity index is 2.05. The topological polar surface area (TPSA) is 32.3 Å². The Morgan fingerprint density at radius 1 is 1.37 bits per heavy atom. The minimum absolute atomic E-state index is 0.128. The first-order valence-electron chi connectivity index (χ1n) is 7.32. The van der Waals surface area contributed by atoms with E-state index in [1.807, 2.05) is 25.1 Å². The molecule has 1 saturated carbocycles. The van der Waals surface area contributed by atoms with E-state index in [9.17, 15) is 5.11 Å². The summed E-state index contributed by atoms with van der Waals surface area (Å²) in [4.78, 5) is 0. The number of nitrogens with one attached hydrogen (secondary N) is 1. The first-order chi connectivity index (χ1) is 9.11. The van der Waals surface area contributed by atoms with E-state index in [1.165, 1.54) is 25.7 Å². The van der Waals surface area contributed by atoms with Crippen LogP contribution in [0, 0.1) is 6.92 Å². The van der Waals surface area contributed by atoms with Gasteiger partial charge in [-0.15, -0.1) is 0 Å². The van der Waals surface area contributed by atoms with Crippen molar-refractivity contribution in [2.24, 2.45) is 0 Å². The van der Waals surface area contributed by atoms with Crippen molar-refractivity contribution < 1.29 is 5.11 Å². The predicted molar refractivity (Wildman–Crippen MR) is 80.6 cm³/mol. The average molecular weight is 282 g/mol. The number of aryl methyl sites for hydroxylation is 1. The van der Waals surface area contributed by atoms with Crippen molar-refractivity contribution in [3.05, 3.63) is 34.3 Å². The number of hydrogen-bond donors (Lipinski definition) is 2. The molecule has 2 nitrogen and oxygen atoms in total. The molecular weight excluding hydrogens is 258 g/mol. The van der Waals surface area contributed by atoms with Gasteiger partial charge in [0.05, 0.1) is 6.10 Å². The molecule has 106 valence electrons. The van der Waals surface area contributed by atoms with Crippen LogP contribution in [0.5, 0.6) is 0 Å². The number of aliphatic hydroxyl groups is 1. The van der Waals surface area contributed by atoms with E-state index in [1.54, 1.807) is 0 Å². The molecule has 0 bridgehead atoms. The van der Waals surface area contributed by atoms with Crippen LogP contribution in [0.25, 0.3) is 0 Å². The van der Waals surface area contributed by atoms with Crippen LogP contribution in [-0.2, 0) is 0 Å². The third-order valence-corrected chi connectivity index (χ3v) is 4.57. The Labute approximate surface area is 121 Å². The summed E-state index contributed by atoms with van der Waals surface area (Å²) >= 11 is 6.04. The number of hydrogen-bond acceptors (Lipinski definition) is 2. The Morgan fingerprint density at radius 2 is 2.05 bits per heavy atom. The van der Waals surface area contributed by atoms with E-state index < -0.39 is 6.10 Å². The molecule has 2 atom stereocenters. The summed E-state index contributed by atoms with van der Waals surface area (Å²) in [5.74, 6) is 0. The predicted octanol–water partition coefficient (Wildman–Crippen LogP) is 3.99. The Hall–Kier alpha value is -0.570. The summed E-state index contributed by atoms with van der Waals surface area (Å²) in [5, 5.41) is 14.9. The molecule has 19 heavy (non-hydrogen) atoms. The highest BCUT2D eigenvalue weighted by Gasteiger charge is 2.24. The van der Waals surface area contributed by atoms with Crippen molar-refractivity contribution in [2.45, 2.75) is 64.1 Å². The maximum atomic E-state index is 10.6. The molecule has 2 rings (SSSR count). The second-order valence-electron chi connectivity index (χ2n) is 5.62. The summed E-state index contributed by atoms with van der Waals surface area (Å²) in [6, 6.07) is 6.50. The summed E-state index contributed by atoms with van der Waals surface area (Å²) in [6.07, 6.45) is 5.57. The molecule has 0 saturated heterocycles. The van der Waals surface area contributed by atoms with Crippen LogP contribution in [-0.4, -0.2) is 17.2 Å². The summed E-state index contributed by atoms with van der Waals surface area (Å²) in [7, 11) is 0. The van der Waals surface area contributed by atoms with Crippen molar-refractivity contribution in [3.8, 4) is 0 Å². The number of rotatable bonds is 5. The second-order valence-corrected chi connectivity index (χ2v) is 6.02. The zero-order chi connectivity index (χ0) is 13.8. The molecule has 0 spiro atoms. The van der Waals surface area contributed by atoms with Gasteiger partial charge >= 0.3 is 0 Å². The molecule has 1 aromatic carbocycles. The maximum Gasteiger partial charge on any atom is 0.0943 e. The van der Waals surface area contributed by atoms with Crippen LogP contribution in [0.2, 0.25) is 5.02 Å². The van der Waals surface area contributed by atoms with Gasteiger partial charge in [0, 0.05) is 17.1 Å². The molecule has 0 radical (unpaired) electrons. The van der Waals surface area contributed by atoms with Gasteiger partial charge in [-0.2, -0.15) is 0 Å². The molecule has 3 heteroatoms. The zero-order valence-corrected chi connectivity index (χ0v) is 12.6. The molecule has 2 unspecified atom stereocenters. The number of halogens is 1. The van der Waals surface area contributed by atoms with E-state index in [0.717, 1.165) is 22.6 Å². The highest BCUT2D eigenvalue weighted by Crippen LogP contribution is 2.26. The molecule has 0 aliphatic heterocycles. The monoisotopic (exact) mass is 281 g/mol. The van der Waals surface area contributed by atoms with E-state index in [-0.39, 0.29) is 6.04 Å². The third-order valence-electron chi connectivity index (χ3n) is 4.15. The van der Waals surface area contributed by atoms with Crippen molar-refractivity contribution in [3.63, 3.8) is 0 Å². The molecule has 0 amide bonds. The molecule has 1 aromatic rings. The zero-order valence-electron chi connectivity index (χ0n) is 11.8. The molecule has 1 aliphatic rings. The fraction of sp³-hybridized carbons (Fsp3) is 0.625. The van der Waals surface area contributed by atoms with E-state index >= 15 is 0 Å². The van der Waals surface area contributed by atoms with Crippen molar-refractivity contribution >= 4 is 11.6 Å². The van der Waals surface area contributed by atoms with Crippen molar-refractivity contribution in [2.75, 3.05) is 0 Å². The van der Waals surface area contributed by atoms with Crippen LogP contribution in [0.1, 0.15) is 56.3 Å². The van der Waals surface area contributed by atoms with E-state index in [2.05, 4.69) is 12.2 Å². The van der Waals surface area contributed by atoms with Gasteiger partial charge in [-0.05, 0) is 43.4 Å². The SMILES string of the molecule is CCC(NC1CCCC1)C(O)c1ccc(Cl)c(C)c1. The fourth-order valence-electron chi connectivity index (χ4n) is 2.91. The molecule has 0 heterocycles. The van der Waals surface area contributed by atoms with E-state index in [0.29, 0.717) is 6.04 Å². The lowest BCUT2D eigenvalue weighted by atomic mass is 9.98. The Bertz CT molecular complexity index is 415. The fourth-order valence-corrected chi connectivity index (χ4v) is 3.03. The van der Waals surface area contributed by atoms with Gasteiger partial charge in [0.1, 0.15) is 0 Å². The lowest BCUT2D eigenvalue weighted by Gasteiger charge is -2.27. The number of aliphatic hydroxyl groups excluding tert-OH is 1. The van der Waals surface area contributed by atoms with Crippen LogP contribution < -0.4 is 5.32 Å². The Morgan fingerprint density at radius 3 is 2.63 bits per heavy atom. The van der Waals surface area contributed by atoms with E-state index in [4.69, 9.17) is 11.6 Å². The number of benzene rings is 1. The summed E-state index contributed by atoms with van der Waals surface area (Å²) in [6.45, 7) is 4.10. The highest BCUT2D eigenvalue weighted by atomic mass is 35.5. The quantitative estimate of drug-likeness (QED) is 0.855. The van der Waals surface area contributed by atoms with Gasteiger partial charge in [-0.3, -0.25) is 0 Å². The minimum atomic E-state index is -0.457. The highest BCUT2D eigenvalue weighted by molar-refractivity contribution is 6.31. The maximum absolute atomic E-state index is 10.6. The Kier molecular flexibility index (Phi) is 5.26. The molecular formula is C16H24ClNO. The van der Waals surface area contributed by atoms with Gasteiger partial charge < -0.3 is 10.4 Å². The molecule has 1 fully saturated rings. The van der Waals surface area contributed by atoms with Crippen LogP contribution in [0.4, 0.5) is 0 Å². The molecule has 2 N–H and O–H groups in total. The van der Waals surface area contributed by atoms with Gasteiger partial charge in [-0.1, -0.05) is 43.5 Å². The first-order valence-corrected chi connectivity index (χ1v) is 7.69. The third kappa shape index (κ3) is 3.71. The molecule has 0 aromatic heterocycles. The summed E-state index contributed by atoms with van der Waals surface area (Å²) < 4.78 is 0. The van der Waals surface area contributed by atoms with Gasteiger partial charge in [0.25, 0.3) is 0 Å². The summed E-state index contributed by atoms with van der Waals surface area (Å²) in [5.41, 5.74) is 1.98. The van der Waals surface area contributed by atoms with Crippen molar-refractivity contribution in [1.29, 1.82) is 0 Å². The minimum Gasteiger partial charge on any atom is -0.387 e. The average Bonchev–Trinajstić information content (AvgIpc) is 2.91. The standard InChI is InChI=1S/C16H24ClNO/c1-3-15(18-13-6-4-5-7-13)16(19)12-8-9-14(17)11(2)10-12/h8-10,13,15-16,18-19H,3-7H2,1-2H3. The van der Waals surface area contributed by atoms with Gasteiger partial charge in [-0.25, -0.2) is 0 Å². The lowest BCUT2D eigenvalue weighted by Crippen LogP contribution is -2.40. The normalized spacial score (nSPS) is 19.6.